The molecule has 5 fully saturated rings. The second kappa shape index (κ2) is 7.12. The zero-order valence-corrected chi connectivity index (χ0v) is 23.3. The van der Waals surface area contributed by atoms with E-state index in [-0.39, 0.29) is 51.8 Å². The molecule has 0 radical (unpaired) electrons. The molecule has 5 saturated carbocycles. The van der Waals surface area contributed by atoms with Gasteiger partial charge in [-0.15, -0.1) is 0 Å². The van der Waals surface area contributed by atoms with Gasteiger partial charge in [-0.05, 0) is 91.8 Å². The second-order valence-electron chi connectivity index (χ2n) is 15.7. The second-order valence-corrected chi connectivity index (χ2v) is 15.7. The van der Waals surface area contributed by atoms with E-state index in [2.05, 4.69) is 41.5 Å². The average Bonchev–Trinajstić information content (AvgIpc) is 2.93. The van der Waals surface area contributed by atoms with Crippen molar-refractivity contribution < 1.29 is 25.2 Å². The Morgan fingerprint density at radius 1 is 0.857 bits per heavy atom. The maximum Gasteiger partial charge on any atom is 0.138 e. The summed E-state index contributed by atoms with van der Waals surface area (Å²) in [4.78, 5) is 12.9. The van der Waals surface area contributed by atoms with E-state index >= 15 is 0 Å². The Kier molecular flexibility index (Phi) is 5.32. The van der Waals surface area contributed by atoms with Gasteiger partial charge in [-0.3, -0.25) is 4.79 Å². The molecule has 0 saturated heterocycles. The number of hydrogen-bond acceptors (Lipinski definition) is 5. The Balaban J connectivity index is 1.63. The van der Waals surface area contributed by atoms with Crippen molar-refractivity contribution in [2.75, 3.05) is 0 Å². The van der Waals surface area contributed by atoms with Gasteiger partial charge in [0, 0.05) is 24.2 Å². The number of Topliss-reactive ketones (excluding diaryl/α,β-unsaturated/α-hetero) is 1. The van der Waals surface area contributed by atoms with Crippen LogP contribution in [0.4, 0.5) is 0 Å². The third-order valence-electron chi connectivity index (χ3n) is 13.8. The molecule has 11 atom stereocenters. The van der Waals surface area contributed by atoms with Crippen molar-refractivity contribution in [3.63, 3.8) is 0 Å². The van der Waals surface area contributed by atoms with E-state index in [9.17, 15) is 25.2 Å². The summed E-state index contributed by atoms with van der Waals surface area (Å²) in [5, 5.41) is 46.5. The summed E-state index contributed by atoms with van der Waals surface area (Å²) in [5.74, 6) is 0.435. The number of aliphatic hydroxyl groups is 4. The van der Waals surface area contributed by atoms with Crippen LogP contribution in [0.1, 0.15) is 107 Å². The fraction of sp³-hybridized carbons (Fsp3) is 0.967. The highest BCUT2D eigenvalue weighted by Crippen LogP contribution is 2.77. The van der Waals surface area contributed by atoms with Crippen molar-refractivity contribution in [3.05, 3.63) is 0 Å². The Morgan fingerprint density at radius 3 is 2.09 bits per heavy atom. The van der Waals surface area contributed by atoms with Gasteiger partial charge in [-0.2, -0.15) is 0 Å². The van der Waals surface area contributed by atoms with Gasteiger partial charge in [-0.25, -0.2) is 0 Å². The van der Waals surface area contributed by atoms with E-state index in [0.29, 0.717) is 18.6 Å². The number of carbonyl (C=O) groups excluding carboxylic acids is 1. The molecule has 0 aromatic rings. The average molecular weight is 491 g/mol. The first-order valence-corrected chi connectivity index (χ1v) is 14.1. The SMILES string of the molecule is CC1(C)C(=O)CCC2(C)C1CCC1(C)C2C(O)CC2C3C(C)(CCC21C)C(O)CC3(O)C(C)(C)O. The third kappa shape index (κ3) is 2.88. The van der Waals surface area contributed by atoms with E-state index in [4.69, 9.17) is 0 Å². The van der Waals surface area contributed by atoms with Crippen LogP contribution in [0, 0.1) is 50.7 Å². The molecule has 0 spiro atoms. The molecule has 5 nitrogen and oxygen atoms in total. The van der Waals surface area contributed by atoms with E-state index in [1.54, 1.807) is 13.8 Å². The molecule has 0 heterocycles. The van der Waals surface area contributed by atoms with Crippen LogP contribution < -0.4 is 0 Å². The maximum absolute atomic E-state index is 12.9. The zero-order chi connectivity index (χ0) is 26.2. The Labute approximate surface area is 212 Å². The first-order valence-electron chi connectivity index (χ1n) is 14.1. The number of ketones is 1. The molecular weight excluding hydrogens is 440 g/mol. The van der Waals surface area contributed by atoms with E-state index in [0.717, 1.165) is 32.1 Å². The molecule has 35 heavy (non-hydrogen) atoms. The fourth-order valence-electron chi connectivity index (χ4n) is 11.5. The molecular formula is C30H50O5. The Morgan fingerprint density at radius 2 is 1.49 bits per heavy atom. The van der Waals surface area contributed by atoms with E-state index < -0.39 is 28.8 Å². The van der Waals surface area contributed by atoms with Crippen LogP contribution >= 0.6 is 0 Å². The first kappa shape index (κ1) is 26.1. The molecule has 0 aliphatic heterocycles. The van der Waals surface area contributed by atoms with Crippen LogP contribution in [-0.4, -0.2) is 49.6 Å². The summed E-state index contributed by atoms with van der Waals surface area (Å²) >= 11 is 0. The van der Waals surface area contributed by atoms with E-state index in [1.165, 1.54) is 0 Å². The number of rotatable bonds is 1. The molecule has 5 heteroatoms. The van der Waals surface area contributed by atoms with Crippen LogP contribution in [0.15, 0.2) is 0 Å². The van der Waals surface area contributed by atoms with Crippen molar-refractivity contribution in [1.29, 1.82) is 0 Å². The van der Waals surface area contributed by atoms with Gasteiger partial charge in [0.25, 0.3) is 0 Å². The zero-order valence-electron chi connectivity index (χ0n) is 23.3. The largest absolute Gasteiger partial charge is 0.393 e. The molecule has 0 amide bonds. The lowest BCUT2D eigenvalue weighted by molar-refractivity contribution is -0.285. The highest BCUT2D eigenvalue weighted by Gasteiger charge is 2.76. The molecule has 4 N–H and O–H groups in total. The number of hydrogen-bond donors (Lipinski definition) is 4. The third-order valence-corrected chi connectivity index (χ3v) is 13.8. The summed E-state index contributed by atoms with van der Waals surface area (Å²) < 4.78 is 0. The maximum atomic E-state index is 12.9. The number of aliphatic hydroxyl groups excluding tert-OH is 2. The molecule has 0 bridgehead atoms. The van der Waals surface area contributed by atoms with Gasteiger partial charge in [0.15, 0.2) is 0 Å². The summed E-state index contributed by atoms with van der Waals surface area (Å²) in [5.41, 5.74) is -4.00. The quantitative estimate of drug-likeness (QED) is 0.434. The van der Waals surface area contributed by atoms with Crippen molar-refractivity contribution in [1.82, 2.24) is 0 Å². The van der Waals surface area contributed by atoms with Crippen LogP contribution in [-0.2, 0) is 4.79 Å². The monoisotopic (exact) mass is 490 g/mol. The van der Waals surface area contributed by atoms with Gasteiger partial charge in [-0.1, -0.05) is 41.5 Å². The smallest absolute Gasteiger partial charge is 0.138 e. The Hall–Kier alpha value is -0.490. The van der Waals surface area contributed by atoms with Crippen LogP contribution in [0.2, 0.25) is 0 Å². The molecule has 0 aromatic carbocycles. The van der Waals surface area contributed by atoms with E-state index in [1.807, 2.05) is 0 Å². The lowest BCUT2D eigenvalue weighted by Gasteiger charge is -2.73. The minimum Gasteiger partial charge on any atom is -0.393 e. The van der Waals surface area contributed by atoms with Crippen molar-refractivity contribution in [2.24, 2.45) is 50.7 Å². The van der Waals surface area contributed by atoms with Crippen molar-refractivity contribution >= 4 is 5.78 Å². The first-order chi connectivity index (χ1) is 15.8. The van der Waals surface area contributed by atoms with Gasteiger partial charge in [0.2, 0.25) is 0 Å². The summed E-state index contributed by atoms with van der Waals surface area (Å²) in [7, 11) is 0. The molecule has 11 unspecified atom stereocenters. The minimum atomic E-state index is -1.41. The predicted molar refractivity (Wildman–Crippen MR) is 135 cm³/mol. The summed E-state index contributed by atoms with van der Waals surface area (Å²) in [6, 6.07) is 0. The summed E-state index contributed by atoms with van der Waals surface area (Å²) in [6.45, 7) is 16.8. The van der Waals surface area contributed by atoms with Crippen molar-refractivity contribution in [3.8, 4) is 0 Å². The normalized spacial score (nSPS) is 57.7. The van der Waals surface area contributed by atoms with Gasteiger partial charge < -0.3 is 20.4 Å². The number of fused-ring (bicyclic) bond motifs is 7. The summed E-state index contributed by atoms with van der Waals surface area (Å²) in [6.07, 6.45) is 4.70. The highest BCUT2D eigenvalue weighted by molar-refractivity contribution is 5.85. The van der Waals surface area contributed by atoms with Gasteiger partial charge >= 0.3 is 0 Å². The minimum absolute atomic E-state index is 0.00413. The number of carbonyl (C=O) groups is 1. The van der Waals surface area contributed by atoms with Crippen molar-refractivity contribution in [2.45, 2.75) is 130 Å². The standard InChI is InChI=1S/C30H50O5/c1-24(2)19-9-12-29(8)23(26(19,5)11-10-20(24)32)18(31)15-17-22-27(6,13-14-28(17,29)7)21(33)16-30(22,35)25(3,4)34/h17-19,21-23,31,33-35H,9-16H2,1-8H3. The van der Waals surface area contributed by atoms with Crippen LogP contribution in [0.25, 0.3) is 0 Å². The van der Waals surface area contributed by atoms with Gasteiger partial charge in [0.05, 0.1) is 23.4 Å². The van der Waals surface area contributed by atoms with Crippen LogP contribution in [0.5, 0.6) is 0 Å². The molecule has 200 valence electrons. The molecule has 0 aromatic heterocycles. The molecule has 5 aliphatic carbocycles. The van der Waals surface area contributed by atoms with Gasteiger partial charge in [0.1, 0.15) is 5.78 Å². The topological polar surface area (TPSA) is 98.0 Å². The van der Waals surface area contributed by atoms with Crippen LogP contribution in [0.3, 0.4) is 0 Å². The molecule has 5 aliphatic rings. The predicted octanol–water partition coefficient (Wildman–Crippen LogP) is 4.48. The molecule has 5 rings (SSSR count). The Bertz CT molecular complexity index is 922. The fourth-order valence-corrected chi connectivity index (χ4v) is 11.5. The lowest BCUT2D eigenvalue weighted by atomic mass is 9.31. The highest BCUT2D eigenvalue weighted by atomic mass is 16.4. The lowest BCUT2D eigenvalue weighted by Crippen LogP contribution is -2.71.